The van der Waals surface area contributed by atoms with Crippen LogP contribution in [0.5, 0.6) is 0 Å². The molecule has 0 unspecified atom stereocenters. The molecule has 0 saturated heterocycles. The van der Waals surface area contributed by atoms with E-state index in [0.717, 1.165) is 22.4 Å². The van der Waals surface area contributed by atoms with E-state index >= 15 is 0 Å². The number of nitrogens with zero attached hydrogens (tertiary/aromatic N) is 2. The molecule has 1 atom stereocenters. The zero-order chi connectivity index (χ0) is 22.0. The predicted molar refractivity (Wildman–Crippen MR) is 124 cm³/mol. The highest BCUT2D eigenvalue weighted by Gasteiger charge is 2.31. The number of amides is 3. The van der Waals surface area contributed by atoms with Crippen molar-refractivity contribution in [2.75, 3.05) is 17.3 Å². The molecular formula is C24H21ClN4O2. The first-order valence-electron chi connectivity index (χ1n) is 9.78. The first-order chi connectivity index (χ1) is 15.0. The Balaban J connectivity index is 1.69. The highest BCUT2D eigenvalue weighted by atomic mass is 35.5. The van der Waals surface area contributed by atoms with Gasteiger partial charge in [0.1, 0.15) is 0 Å². The number of urea groups is 1. The third-order valence-corrected chi connectivity index (χ3v) is 5.58. The van der Waals surface area contributed by atoms with Gasteiger partial charge >= 0.3 is 6.03 Å². The van der Waals surface area contributed by atoms with Gasteiger partial charge in [0.25, 0.3) is 5.91 Å². The molecule has 0 bridgehead atoms. The van der Waals surface area contributed by atoms with Gasteiger partial charge in [0.2, 0.25) is 6.17 Å². The molecule has 0 saturated carbocycles. The van der Waals surface area contributed by atoms with Crippen molar-refractivity contribution in [1.82, 2.24) is 5.32 Å². The Morgan fingerprint density at radius 2 is 1.71 bits per heavy atom. The maximum Gasteiger partial charge on any atom is 0.321 e. The van der Waals surface area contributed by atoms with E-state index in [1.807, 2.05) is 61.5 Å². The van der Waals surface area contributed by atoms with E-state index in [1.54, 1.807) is 25.2 Å². The van der Waals surface area contributed by atoms with Crippen LogP contribution in [0.25, 0.3) is 0 Å². The number of hydrogen-bond donors (Lipinski definition) is 2. The molecule has 4 rings (SSSR count). The third kappa shape index (κ3) is 4.15. The summed E-state index contributed by atoms with van der Waals surface area (Å²) in [5.41, 5.74) is 4.35. The minimum absolute atomic E-state index is 0.337. The van der Waals surface area contributed by atoms with Crippen molar-refractivity contribution in [2.45, 2.75) is 13.1 Å². The molecule has 3 aromatic carbocycles. The summed E-state index contributed by atoms with van der Waals surface area (Å²) >= 11 is 6.14. The maximum absolute atomic E-state index is 13.1. The van der Waals surface area contributed by atoms with E-state index < -0.39 is 12.2 Å². The molecule has 0 radical (unpaired) electrons. The SMILES string of the molecule is Cc1c(Cl)cccc1NC(=O)N[C@H]1N=C(c2ccccc2)c2ccccc2N(C)C1=O. The van der Waals surface area contributed by atoms with Gasteiger partial charge in [-0.1, -0.05) is 66.2 Å². The minimum atomic E-state index is -1.09. The van der Waals surface area contributed by atoms with Crippen LogP contribution >= 0.6 is 11.6 Å². The topological polar surface area (TPSA) is 73.8 Å². The number of likely N-dealkylation sites (N-methyl/N-ethyl adjacent to an activating group) is 1. The number of hydrogen-bond acceptors (Lipinski definition) is 3. The lowest BCUT2D eigenvalue weighted by atomic mass is 10.0. The maximum atomic E-state index is 13.1. The van der Waals surface area contributed by atoms with Crippen LogP contribution in [0.3, 0.4) is 0 Å². The second-order valence-electron chi connectivity index (χ2n) is 7.17. The van der Waals surface area contributed by atoms with Crippen molar-refractivity contribution >= 4 is 40.6 Å². The van der Waals surface area contributed by atoms with Crippen molar-refractivity contribution in [2.24, 2.45) is 4.99 Å². The number of fused-ring (bicyclic) bond motifs is 1. The minimum Gasteiger partial charge on any atom is -0.311 e. The average molecular weight is 433 g/mol. The van der Waals surface area contributed by atoms with Crippen LogP contribution in [0.15, 0.2) is 77.8 Å². The van der Waals surface area contributed by atoms with E-state index in [9.17, 15) is 9.59 Å². The molecule has 0 fully saturated rings. The molecule has 31 heavy (non-hydrogen) atoms. The van der Waals surface area contributed by atoms with E-state index in [0.29, 0.717) is 16.4 Å². The van der Waals surface area contributed by atoms with Crippen LogP contribution in [-0.2, 0) is 4.79 Å². The largest absolute Gasteiger partial charge is 0.321 e. The van der Waals surface area contributed by atoms with Gasteiger partial charge in [-0.25, -0.2) is 9.79 Å². The van der Waals surface area contributed by atoms with Crippen LogP contribution in [0.1, 0.15) is 16.7 Å². The van der Waals surface area contributed by atoms with E-state index in [2.05, 4.69) is 15.6 Å². The average Bonchev–Trinajstić information content (AvgIpc) is 2.88. The summed E-state index contributed by atoms with van der Waals surface area (Å²) < 4.78 is 0. The number of benzodiazepines with no additional fused rings is 1. The Labute approximate surface area is 185 Å². The van der Waals surface area contributed by atoms with Gasteiger partial charge in [0.05, 0.1) is 11.4 Å². The van der Waals surface area contributed by atoms with Gasteiger partial charge in [0.15, 0.2) is 0 Å². The summed E-state index contributed by atoms with van der Waals surface area (Å²) in [4.78, 5) is 32.1. The van der Waals surface area contributed by atoms with Crippen LogP contribution < -0.4 is 15.5 Å². The lowest BCUT2D eigenvalue weighted by Crippen LogP contribution is -2.47. The van der Waals surface area contributed by atoms with Gasteiger partial charge in [-0.15, -0.1) is 0 Å². The fraction of sp³-hybridized carbons (Fsp3) is 0.125. The molecule has 7 heteroatoms. The van der Waals surface area contributed by atoms with Crippen LogP contribution in [0.2, 0.25) is 5.02 Å². The lowest BCUT2D eigenvalue weighted by Gasteiger charge is -2.21. The molecule has 1 heterocycles. The zero-order valence-electron chi connectivity index (χ0n) is 17.1. The lowest BCUT2D eigenvalue weighted by molar-refractivity contribution is -0.119. The molecule has 1 aliphatic heterocycles. The number of nitrogens with one attached hydrogen (secondary N) is 2. The molecule has 1 aliphatic rings. The molecule has 156 valence electrons. The number of aliphatic imine (C=N–C) groups is 1. The second kappa shape index (κ2) is 8.62. The smallest absolute Gasteiger partial charge is 0.311 e. The van der Waals surface area contributed by atoms with Gasteiger partial charge in [-0.2, -0.15) is 0 Å². The van der Waals surface area contributed by atoms with Crippen molar-refractivity contribution in [1.29, 1.82) is 0 Å². The molecule has 3 aromatic rings. The second-order valence-corrected chi connectivity index (χ2v) is 7.58. The molecule has 0 aromatic heterocycles. The van der Waals surface area contributed by atoms with Gasteiger partial charge < -0.3 is 15.5 Å². The van der Waals surface area contributed by atoms with Crippen LogP contribution in [0.4, 0.5) is 16.2 Å². The Morgan fingerprint density at radius 3 is 2.48 bits per heavy atom. The summed E-state index contributed by atoms with van der Waals surface area (Å²) in [6.45, 7) is 1.81. The molecule has 6 nitrogen and oxygen atoms in total. The molecule has 3 amide bonds. The first-order valence-corrected chi connectivity index (χ1v) is 10.2. The van der Waals surface area contributed by atoms with E-state index in [1.165, 1.54) is 4.90 Å². The summed E-state index contributed by atoms with van der Waals surface area (Å²) in [5.74, 6) is -0.337. The predicted octanol–water partition coefficient (Wildman–Crippen LogP) is 4.61. The Morgan fingerprint density at radius 1 is 1.00 bits per heavy atom. The summed E-state index contributed by atoms with van der Waals surface area (Å²) in [7, 11) is 1.68. The Kier molecular flexibility index (Phi) is 5.73. The van der Waals surface area contributed by atoms with Crippen LogP contribution in [-0.4, -0.2) is 30.9 Å². The van der Waals surface area contributed by atoms with Crippen molar-refractivity contribution in [3.63, 3.8) is 0 Å². The van der Waals surface area contributed by atoms with Crippen molar-refractivity contribution in [3.8, 4) is 0 Å². The monoisotopic (exact) mass is 432 g/mol. The molecule has 0 aliphatic carbocycles. The standard InChI is InChI=1S/C24H21ClN4O2/c1-15-18(25)12-8-13-19(15)26-24(31)28-22-23(30)29(2)20-14-7-6-11-17(20)21(27-22)16-9-4-3-5-10-16/h3-14,22H,1-2H3,(H2,26,28,31)/t22-/m1/s1. The van der Waals surface area contributed by atoms with E-state index in [4.69, 9.17) is 11.6 Å². The van der Waals surface area contributed by atoms with Crippen LogP contribution in [0, 0.1) is 6.92 Å². The molecule has 0 spiro atoms. The number of para-hydroxylation sites is 1. The zero-order valence-corrected chi connectivity index (χ0v) is 17.9. The highest BCUT2D eigenvalue weighted by molar-refractivity contribution is 6.31. The number of rotatable bonds is 3. The quantitative estimate of drug-likeness (QED) is 0.634. The molecule has 2 N–H and O–H groups in total. The van der Waals surface area contributed by atoms with Crippen molar-refractivity contribution < 1.29 is 9.59 Å². The van der Waals surface area contributed by atoms with Gasteiger partial charge in [-0.3, -0.25) is 4.79 Å². The fourth-order valence-corrected chi connectivity index (χ4v) is 3.64. The van der Waals surface area contributed by atoms with Crippen molar-refractivity contribution in [3.05, 3.63) is 94.5 Å². The normalized spacial score (nSPS) is 15.6. The number of carbonyl (C=O) groups excluding carboxylic acids is 2. The Bertz CT molecular complexity index is 1180. The number of benzene rings is 3. The first kappa shape index (κ1) is 20.6. The third-order valence-electron chi connectivity index (χ3n) is 5.17. The summed E-state index contributed by atoms with van der Waals surface area (Å²) in [5, 5.41) is 6.00. The van der Waals surface area contributed by atoms with Gasteiger partial charge in [0, 0.05) is 28.9 Å². The highest BCUT2D eigenvalue weighted by Crippen LogP contribution is 2.27. The summed E-state index contributed by atoms with van der Waals surface area (Å²) in [6.07, 6.45) is -1.09. The number of anilines is 2. The Hall–Kier alpha value is -3.64. The van der Waals surface area contributed by atoms with E-state index in [-0.39, 0.29) is 5.91 Å². The number of carbonyl (C=O) groups is 2. The fourth-order valence-electron chi connectivity index (χ4n) is 3.47. The summed E-state index contributed by atoms with van der Waals surface area (Å²) in [6, 6.07) is 21.8. The molecular weight excluding hydrogens is 412 g/mol. The van der Waals surface area contributed by atoms with Gasteiger partial charge in [-0.05, 0) is 30.7 Å². The number of halogens is 1.